The molecule has 0 spiro atoms. The van der Waals surface area contributed by atoms with Crippen LogP contribution >= 0.6 is 11.6 Å². The van der Waals surface area contributed by atoms with Gasteiger partial charge < -0.3 is 5.11 Å². The van der Waals surface area contributed by atoms with E-state index in [0.29, 0.717) is 5.02 Å². The summed E-state index contributed by atoms with van der Waals surface area (Å²) in [5, 5.41) is 10.00. The molecule has 0 aromatic heterocycles. The molecule has 0 atom stereocenters. The maximum absolute atomic E-state index is 11.6. The number of carbonyl (C=O) groups is 1. The Labute approximate surface area is 117 Å². The molecule has 19 heavy (non-hydrogen) atoms. The monoisotopic (exact) mass is 302 g/mol. The maximum Gasteiger partial charge on any atom is 0.310 e. The van der Waals surface area contributed by atoms with Gasteiger partial charge in [0.25, 0.3) is 0 Å². The molecule has 6 heteroatoms. The molecule has 1 N–H and O–H groups in total. The molecule has 1 fully saturated rings. The molecule has 1 aliphatic heterocycles. The van der Waals surface area contributed by atoms with E-state index in [4.69, 9.17) is 11.6 Å². The molecule has 4 nitrogen and oxygen atoms in total. The second-order valence-corrected chi connectivity index (χ2v) is 7.72. The zero-order valence-electron chi connectivity index (χ0n) is 10.3. The molecule has 1 heterocycles. The zero-order chi connectivity index (χ0) is 14.1. The van der Waals surface area contributed by atoms with Gasteiger partial charge in [-0.2, -0.15) is 0 Å². The third kappa shape index (κ3) is 3.09. The van der Waals surface area contributed by atoms with Crippen LogP contribution in [0.3, 0.4) is 0 Å². The van der Waals surface area contributed by atoms with Crippen LogP contribution < -0.4 is 0 Å². The lowest BCUT2D eigenvalue weighted by molar-refractivity contribution is -0.149. The second kappa shape index (κ2) is 5.13. The summed E-state index contributed by atoms with van der Waals surface area (Å²) < 4.78 is 22.9. The van der Waals surface area contributed by atoms with Crippen molar-refractivity contribution in [3.63, 3.8) is 0 Å². The predicted molar refractivity (Wildman–Crippen MR) is 73.1 cm³/mol. The number of sulfone groups is 1. The van der Waals surface area contributed by atoms with Gasteiger partial charge in [0.15, 0.2) is 0 Å². The number of carboxylic acids is 1. The molecule has 0 saturated carbocycles. The number of carboxylic acid groups (broad SMARTS) is 1. The van der Waals surface area contributed by atoms with E-state index in [0.717, 1.165) is 5.56 Å². The molecular formula is C13H15ClO4S. The highest BCUT2D eigenvalue weighted by molar-refractivity contribution is 7.91. The van der Waals surface area contributed by atoms with Crippen LogP contribution in [0.1, 0.15) is 18.4 Å². The quantitative estimate of drug-likeness (QED) is 0.929. The molecule has 0 unspecified atom stereocenters. The molecule has 1 saturated heterocycles. The first kappa shape index (κ1) is 14.3. The van der Waals surface area contributed by atoms with Crippen LogP contribution in [-0.4, -0.2) is 31.0 Å². The Balaban J connectivity index is 2.28. The Kier molecular flexibility index (Phi) is 3.87. The Bertz CT molecular complexity index is 580. The molecule has 0 aliphatic carbocycles. The summed E-state index contributed by atoms with van der Waals surface area (Å²) in [6.45, 7) is 0. The Morgan fingerprint density at radius 3 is 2.37 bits per heavy atom. The molecule has 104 valence electrons. The Morgan fingerprint density at radius 2 is 1.84 bits per heavy atom. The van der Waals surface area contributed by atoms with Gasteiger partial charge in [0.1, 0.15) is 9.84 Å². The van der Waals surface area contributed by atoms with Crippen LogP contribution in [0.15, 0.2) is 24.3 Å². The molecular weight excluding hydrogens is 288 g/mol. The van der Waals surface area contributed by atoms with Gasteiger partial charge in [-0.05, 0) is 30.9 Å². The third-order valence-corrected chi connectivity index (χ3v) is 5.74. The normalized spacial score (nSPS) is 20.9. The van der Waals surface area contributed by atoms with Crippen molar-refractivity contribution in [2.24, 2.45) is 5.41 Å². The Morgan fingerprint density at radius 1 is 1.26 bits per heavy atom. The third-order valence-electron chi connectivity index (χ3n) is 3.72. The average molecular weight is 303 g/mol. The van der Waals surface area contributed by atoms with E-state index in [9.17, 15) is 18.3 Å². The molecule has 0 radical (unpaired) electrons. The number of halogens is 1. The van der Waals surface area contributed by atoms with Crippen LogP contribution in [0.5, 0.6) is 0 Å². The standard InChI is InChI=1S/C13H15ClO4S/c14-11-4-2-1-3-10(11)9-13(12(15)16)5-7-19(17,18)8-6-13/h1-4H,5-9H2,(H,15,16). The minimum Gasteiger partial charge on any atom is -0.481 e. The second-order valence-electron chi connectivity index (χ2n) is 5.01. The number of aliphatic carboxylic acids is 1. The van der Waals surface area contributed by atoms with Gasteiger partial charge in [0, 0.05) is 5.02 Å². The number of rotatable bonds is 3. The van der Waals surface area contributed by atoms with E-state index < -0.39 is 21.2 Å². The summed E-state index contributed by atoms with van der Waals surface area (Å²) in [6.07, 6.45) is 0.573. The summed E-state index contributed by atoms with van der Waals surface area (Å²) in [5.41, 5.74) is -0.262. The summed E-state index contributed by atoms with van der Waals surface area (Å²) in [4.78, 5) is 11.6. The molecule has 1 aromatic carbocycles. The number of hydrogen-bond acceptors (Lipinski definition) is 3. The predicted octanol–water partition coefficient (Wildman–Crippen LogP) is 2.16. The van der Waals surface area contributed by atoms with Gasteiger partial charge in [-0.25, -0.2) is 8.42 Å². The molecule has 2 rings (SSSR count). The van der Waals surface area contributed by atoms with E-state index in [-0.39, 0.29) is 30.8 Å². The van der Waals surface area contributed by atoms with E-state index in [1.165, 1.54) is 0 Å². The van der Waals surface area contributed by atoms with E-state index in [1.807, 2.05) is 0 Å². The van der Waals surface area contributed by atoms with Crippen LogP contribution in [-0.2, 0) is 21.1 Å². The van der Waals surface area contributed by atoms with Crippen molar-refractivity contribution in [1.29, 1.82) is 0 Å². The SMILES string of the molecule is O=C(O)C1(Cc2ccccc2Cl)CCS(=O)(=O)CC1. The maximum atomic E-state index is 11.6. The lowest BCUT2D eigenvalue weighted by Gasteiger charge is -2.33. The van der Waals surface area contributed by atoms with Gasteiger partial charge >= 0.3 is 5.97 Å². The largest absolute Gasteiger partial charge is 0.481 e. The van der Waals surface area contributed by atoms with Gasteiger partial charge in [0.2, 0.25) is 0 Å². The van der Waals surface area contributed by atoms with Gasteiger partial charge in [0.05, 0.1) is 16.9 Å². The summed E-state index contributed by atoms with van der Waals surface area (Å²) in [5.74, 6) is -1.07. The van der Waals surface area contributed by atoms with Crippen LogP contribution in [0, 0.1) is 5.41 Å². The number of hydrogen-bond donors (Lipinski definition) is 1. The average Bonchev–Trinajstić information content (AvgIpc) is 2.34. The van der Waals surface area contributed by atoms with Crippen LogP contribution in [0.2, 0.25) is 5.02 Å². The van der Waals surface area contributed by atoms with Crippen molar-refractivity contribution < 1.29 is 18.3 Å². The highest BCUT2D eigenvalue weighted by Crippen LogP contribution is 2.37. The smallest absolute Gasteiger partial charge is 0.310 e. The van der Waals surface area contributed by atoms with Gasteiger partial charge in [-0.1, -0.05) is 29.8 Å². The fraction of sp³-hybridized carbons (Fsp3) is 0.462. The number of benzene rings is 1. The van der Waals surface area contributed by atoms with Crippen molar-refractivity contribution in [2.75, 3.05) is 11.5 Å². The molecule has 0 amide bonds. The minimum atomic E-state index is -3.09. The van der Waals surface area contributed by atoms with E-state index in [1.54, 1.807) is 24.3 Å². The van der Waals surface area contributed by atoms with E-state index >= 15 is 0 Å². The van der Waals surface area contributed by atoms with Crippen molar-refractivity contribution >= 4 is 27.4 Å². The highest BCUT2D eigenvalue weighted by Gasteiger charge is 2.43. The van der Waals surface area contributed by atoms with Crippen molar-refractivity contribution in [3.05, 3.63) is 34.9 Å². The minimum absolute atomic E-state index is 0.0657. The van der Waals surface area contributed by atoms with E-state index in [2.05, 4.69) is 0 Å². The fourth-order valence-corrected chi connectivity index (χ4v) is 4.21. The fourth-order valence-electron chi connectivity index (χ4n) is 2.40. The molecule has 1 aliphatic rings. The van der Waals surface area contributed by atoms with Crippen molar-refractivity contribution in [2.45, 2.75) is 19.3 Å². The molecule has 1 aromatic rings. The van der Waals surface area contributed by atoms with Gasteiger partial charge in [-0.15, -0.1) is 0 Å². The van der Waals surface area contributed by atoms with Crippen molar-refractivity contribution in [1.82, 2.24) is 0 Å². The summed E-state index contributed by atoms with van der Waals surface area (Å²) >= 11 is 6.05. The molecule has 0 bridgehead atoms. The highest BCUT2D eigenvalue weighted by atomic mass is 35.5. The lowest BCUT2D eigenvalue weighted by Crippen LogP contribution is -2.41. The lowest BCUT2D eigenvalue weighted by atomic mass is 9.76. The first-order valence-corrected chi connectivity index (χ1v) is 8.22. The first-order valence-electron chi connectivity index (χ1n) is 6.02. The van der Waals surface area contributed by atoms with Crippen LogP contribution in [0.25, 0.3) is 0 Å². The van der Waals surface area contributed by atoms with Crippen LogP contribution in [0.4, 0.5) is 0 Å². The first-order chi connectivity index (χ1) is 8.85. The summed E-state index contributed by atoms with van der Waals surface area (Å²) in [6, 6.07) is 7.09. The van der Waals surface area contributed by atoms with Crippen molar-refractivity contribution in [3.8, 4) is 0 Å². The Hall–Kier alpha value is -1.07. The zero-order valence-corrected chi connectivity index (χ0v) is 11.9. The summed E-state index contributed by atoms with van der Waals surface area (Å²) in [7, 11) is -3.09. The topological polar surface area (TPSA) is 71.4 Å². The van der Waals surface area contributed by atoms with Gasteiger partial charge in [-0.3, -0.25) is 4.79 Å².